The van der Waals surface area contributed by atoms with Gasteiger partial charge in [0, 0.05) is 35.3 Å². The molecule has 3 heteroatoms. The highest BCUT2D eigenvalue weighted by atomic mass is 15.0. The molecule has 0 saturated carbocycles. The van der Waals surface area contributed by atoms with E-state index < -0.39 is 0 Å². The van der Waals surface area contributed by atoms with Crippen molar-refractivity contribution in [3.05, 3.63) is 176 Å². The molecule has 47 heavy (non-hydrogen) atoms. The average molecular weight is 600 g/mol. The Morgan fingerprint density at radius 1 is 0.426 bits per heavy atom. The highest BCUT2D eigenvalue weighted by Crippen LogP contribution is 2.40. The van der Waals surface area contributed by atoms with E-state index in [4.69, 9.17) is 4.98 Å². The van der Waals surface area contributed by atoms with Gasteiger partial charge in [-0.2, -0.15) is 0 Å². The number of rotatable bonds is 5. The zero-order chi connectivity index (χ0) is 31.2. The van der Waals surface area contributed by atoms with Crippen LogP contribution >= 0.6 is 0 Å². The molecule has 220 valence electrons. The van der Waals surface area contributed by atoms with Crippen molar-refractivity contribution in [3.63, 3.8) is 0 Å². The summed E-state index contributed by atoms with van der Waals surface area (Å²) in [6.07, 6.45) is 5.86. The topological polar surface area (TPSA) is 30.2 Å². The third-order valence-electron chi connectivity index (χ3n) is 9.05. The van der Waals surface area contributed by atoms with E-state index in [2.05, 4.69) is 161 Å². The van der Waals surface area contributed by atoms with Gasteiger partial charge >= 0.3 is 0 Å². The van der Waals surface area contributed by atoms with Crippen molar-refractivity contribution in [1.29, 1.82) is 0 Å². The molecule has 0 fully saturated rings. The summed E-state index contributed by atoms with van der Waals surface area (Å²) in [6, 6.07) is 56.3. The second-order valence-corrected chi connectivity index (χ2v) is 11.9. The maximum Gasteiger partial charge on any atom is 0.137 e. The quantitative estimate of drug-likeness (QED) is 0.184. The van der Waals surface area contributed by atoms with Crippen LogP contribution in [0.25, 0.3) is 83.1 Å². The summed E-state index contributed by atoms with van der Waals surface area (Å²) in [5.74, 6) is 0. The Balaban J connectivity index is 1.27. The van der Waals surface area contributed by atoms with Crippen LogP contribution in [0.5, 0.6) is 0 Å². The Hall–Kier alpha value is -6.32. The van der Waals surface area contributed by atoms with E-state index >= 15 is 0 Å². The van der Waals surface area contributed by atoms with Gasteiger partial charge in [0.15, 0.2) is 0 Å². The molecule has 0 saturated heterocycles. The highest BCUT2D eigenvalue weighted by Gasteiger charge is 2.17. The maximum atomic E-state index is 5.14. The number of benzene rings is 6. The maximum absolute atomic E-state index is 5.14. The van der Waals surface area contributed by atoms with Gasteiger partial charge in [0.2, 0.25) is 0 Å². The largest absolute Gasteiger partial charge is 0.299 e. The first-order valence-corrected chi connectivity index (χ1v) is 15.9. The fourth-order valence-electron chi connectivity index (χ4n) is 6.86. The molecule has 0 bridgehead atoms. The molecular weight excluding hydrogens is 571 g/mol. The lowest BCUT2D eigenvalue weighted by atomic mass is 9.89. The number of imidazole rings is 1. The third-order valence-corrected chi connectivity index (χ3v) is 9.05. The van der Waals surface area contributed by atoms with Gasteiger partial charge in [-0.3, -0.25) is 9.38 Å². The minimum atomic E-state index is 0.927. The summed E-state index contributed by atoms with van der Waals surface area (Å²) in [6.45, 7) is 0. The van der Waals surface area contributed by atoms with Crippen LogP contribution in [0.15, 0.2) is 176 Å². The monoisotopic (exact) mass is 599 g/mol. The van der Waals surface area contributed by atoms with Crippen molar-refractivity contribution < 1.29 is 0 Å². The van der Waals surface area contributed by atoms with Crippen LogP contribution in [-0.4, -0.2) is 14.4 Å². The molecule has 0 unspecified atom stereocenters. The van der Waals surface area contributed by atoms with Gasteiger partial charge in [0.1, 0.15) is 5.65 Å². The van der Waals surface area contributed by atoms with Crippen molar-refractivity contribution in [2.45, 2.75) is 0 Å². The second-order valence-electron chi connectivity index (χ2n) is 11.9. The summed E-state index contributed by atoms with van der Waals surface area (Å²) in [5, 5.41) is 5.00. The van der Waals surface area contributed by atoms with Gasteiger partial charge in [-0.25, -0.2) is 4.98 Å². The van der Waals surface area contributed by atoms with E-state index in [1.165, 1.54) is 32.7 Å². The molecule has 3 heterocycles. The van der Waals surface area contributed by atoms with Crippen LogP contribution in [0.2, 0.25) is 0 Å². The summed E-state index contributed by atoms with van der Waals surface area (Å²) in [4.78, 5) is 9.60. The molecule has 0 aliphatic heterocycles. The molecule has 0 atom stereocenters. The molecule has 9 aromatic rings. The minimum Gasteiger partial charge on any atom is -0.299 e. The molecule has 3 aromatic heterocycles. The summed E-state index contributed by atoms with van der Waals surface area (Å²) < 4.78 is 2.18. The van der Waals surface area contributed by atoms with E-state index in [0.29, 0.717) is 0 Å². The lowest BCUT2D eigenvalue weighted by Crippen LogP contribution is -1.90. The van der Waals surface area contributed by atoms with Crippen molar-refractivity contribution >= 4 is 27.2 Å². The number of aromatic nitrogens is 3. The normalized spacial score (nSPS) is 11.4. The number of hydrogen-bond donors (Lipinski definition) is 0. The first kappa shape index (κ1) is 27.0. The van der Waals surface area contributed by atoms with Crippen molar-refractivity contribution in [2.75, 3.05) is 0 Å². The Labute approximate surface area is 273 Å². The lowest BCUT2D eigenvalue weighted by Gasteiger charge is -2.15. The van der Waals surface area contributed by atoms with Gasteiger partial charge in [-0.05, 0) is 97.9 Å². The summed E-state index contributed by atoms with van der Waals surface area (Å²) in [7, 11) is 0. The van der Waals surface area contributed by atoms with Gasteiger partial charge in [0.25, 0.3) is 0 Å². The van der Waals surface area contributed by atoms with E-state index in [-0.39, 0.29) is 0 Å². The third kappa shape index (κ3) is 4.77. The molecule has 0 spiro atoms. The van der Waals surface area contributed by atoms with Gasteiger partial charge in [0.05, 0.1) is 11.4 Å². The number of fused-ring (bicyclic) bond motifs is 4. The predicted octanol–water partition coefficient (Wildman–Crippen LogP) is 11.4. The molecule has 9 rings (SSSR count). The fraction of sp³-hybridized carbons (Fsp3) is 0. The average Bonchev–Trinajstić information content (AvgIpc) is 3.55. The van der Waals surface area contributed by atoms with E-state index in [9.17, 15) is 0 Å². The number of pyridine rings is 2. The molecule has 0 N–H and O–H groups in total. The van der Waals surface area contributed by atoms with Gasteiger partial charge in [-0.15, -0.1) is 0 Å². The zero-order valence-electron chi connectivity index (χ0n) is 25.6. The molecule has 6 aromatic carbocycles. The van der Waals surface area contributed by atoms with Crippen LogP contribution in [0.1, 0.15) is 0 Å². The Bertz CT molecular complexity index is 2570. The van der Waals surface area contributed by atoms with Crippen LogP contribution in [-0.2, 0) is 0 Å². The molecular formula is C44H29N3. The second kappa shape index (κ2) is 11.2. The summed E-state index contributed by atoms with van der Waals surface area (Å²) in [5.41, 5.74) is 12.1. The molecule has 0 aliphatic carbocycles. The Morgan fingerprint density at radius 3 is 1.94 bits per heavy atom. The van der Waals surface area contributed by atoms with E-state index in [1.807, 2.05) is 24.5 Å². The standard InChI is InChI=1S/C44H29N3/c1-2-12-30(13-3-1)44-43(46-42-21-8-9-23-47(42)44)33-16-10-15-31(24-33)35-25-36(34-17-11-22-45-29-34)27-37(26-35)41-28-32-14-4-5-18-38(32)39-19-6-7-20-40(39)41/h1-29H. The predicted molar refractivity (Wildman–Crippen MR) is 195 cm³/mol. The van der Waals surface area contributed by atoms with Crippen LogP contribution in [0.3, 0.4) is 0 Å². The van der Waals surface area contributed by atoms with Crippen LogP contribution < -0.4 is 0 Å². The molecule has 0 radical (unpaired) electrons. The van der Waals surface area contributed by atoms with Crippen molar-refractivity contribution in [3.8, 4) is 55.9 Å². The number of hydrogen-bond acceptors (Lipinski definition) is 2. The van der Waals surface area contributed by atoms with Crippen molar-refractivity contribution in [1.82, 2.24) is 14.4 Å². The number of nitrogens with zero attached hydrogens (tertiary/aromatic N) is 3. The van der Waals surface area contributed by atoms with Crippen LogP contribution in [0.4, 0.5) is 0 Å². The molecule has 0 aliphatic rings. The first-order valence-electron chi connectivity index (χ1n) is 15.9. The minimum absolute atomic E-state index is 0.927. The van der Waals surface area contributed by atoms with E-state index in [0.717, 1.165) is 50.4 Å². The zero-order valence-corrected chi connectivity index (χ0v) is 25.6. The van der Waals surface area contributed by atoms with Gasteiger partial charge in [-0.1, -0.05) is 109 Å². The Morgan fingerprint density at radius 2 is 1.09 bits per heavy atom. The highest BCUT2D eigenvalue weighted by molar-refractivity contribution is 6.14. The Kier molecular flexibility index (Phi) is 6.46. The van der Waals surface area contributed by atoms with Crippen LogP contribution in [0, 0.1) is 0 Å². The molecule has 3 nitrogen and oxygen atoms in total. The van der Waals surface area contributed by atoms with Crippen molar-refractivity contribution in [2.24, 2.45) is 0 Å². The first-order chi connectivity index (χ1) is 23.3. The molecule has 0 amide bonds. The van der Waals surface area contributed by atoms with Gasteiger partial charge < -0.3 is 0 Å². The fourth-order valence-corrected chi connectivity index (χ4v) is 6.86. The van der Waals surface area contributed by atoms with E-state index in [1.54, 1.807) is 0 Å². The lowest BCUT2D eigenvalue weighted by molar-refractivity contribution is 1.19. The summed E-state index contributed by atoms with van der Waals surface area (Å²) >= 11 is 0. The smallest absolute Gasteiger partial charge is 0.137 e. The SMILES string of the molecule is c1ccc(-c2c(-c3cccc(-c4cc(-c5cccnc5)cc(-c5cc6ccccc6c6ccccc56)c4)c3)nc3ccccn23)cc1.